The Kier molecular flexibility index (Phi) is 5.00. The molecule has 2 heterocycles. The molecule has 0 fully saturated rings. The van der Waals surface area contributed by atoms with Gasteiger partial charge in [0.05, 0.1) is 17.6 Å². The smallest absolute Gasteiger partial charge is 0.341 e. The number of anilines is 1. The highest BCUT2D eigenvalue weighted by Crippen LogP contribution is 2.39. The van der Waals surface area contributed by atoms with Crippen molar-refractivity contribution in [2.75, 3.05) is 11.9 Å². The standard InChI is InChI=1S/C22H21NO5S/c1-4-27-22(26)18-13-6-5-7-17(13)29-21(18)23-20(25)16-10-15(24)14-9-11(2)8-12(3)19(14)28-16/h8-10H,4-7H2,1-3H3,(H,23,25). The van der Waals surface area contributed by atoms with Gasteiger partial charge in [-0.2, -0.15) is 0 Å². The van der Waals surface area contributed by atoms with Crippen LogP contribution in [-0.2, 0) is 17.6 Å². The zero-order valence-corrected chi connectivity index (χ0v) is 17.3. The van der Waals surface area contributed by atoms with Crippen LogP contribution >= 0.6 is 11.3 Å². The third-order valence-corrected chi connectivity index (χ3v) is 6.22. The summed E-state index contributed by atoms with van der Waals surface area (Å²) in [5, 5.41) is 3.66. The molecule has 0 bridgehead atoms. The van der Waals surface area contributed by atoms with Gasteiger partial charge in [-0.1, -0.05) is 6.07 Å². The summed E-state index contributed by atoms with van der Waals surface area (Å²) in [4.78, 5) is 38.9. The van der Waals surface area contributed by atoms with Crippen molar-refractivity contribution < 1.29 is 18.7 Å². The Morgan fingerprint density at radius 1 is 1.21 bits per heavy atom. The number of nitrogens with one attached hydrogen (secondary N) is 1. The summed E-state index contributed by atoms with van der Waals surface area (Å²) in [6, 6.07) is 4.84. The molecule has 0 saturated carbocycles. The molecule has 0 unspecified atom stereocenters. The second kappa shape index (κ2) is 7.48. The van der Waals surface area contributed by atoms with Crippen LogP contribution in [0.15, 0.2) is 27.4 Å². The molecule has 1 aliphatic carbocycles. The highest BCUT2D eigenvalue weighted by atomic mass is 32.1. The fraction of sp³-hybridized carbons (Fsp3) is 0.318. The quantitative estimate of drug-likeness (QED) is 0.644. The Balaban J connectivity index is 1.72. The van der Waals surface area contributed by atoms with Gasteiger partial charge in [0.2, 0.25) is 0 Å². The van der Waals surface area contributed by atoms with Crippen LogP contribution in [0.5, 0.6) is 0 Å². The van der Waals surface area contributed by atoms with Crippen molar-refractivity contribution in [3.8, 4) is 0 Å². The lowest BCUT2D eigenvalue weighted by atomic mass is 10.1. The number of esters is 1. The molecule has 6 nitrogen and oxygen atoms in total. The predicted octanol–water partition coefficient (Wildman–Crippen LogP) is 4.39. The van der Waals surface area contributed by atoms with E-state index >= 15 is 0 Å². The maximum absolute atomic E-state index is 12.9. The number of hydrogen-bond donors (Lipinski definition) is 1. The number of carbonyl (C=O) groups excluding carboxylic acids is 2. The lowest BCUT2D eigenvalue weighted by molar-refractivity contribution is 0.0527. The van der Waals surface area contributed by atoms with E-state index < -0.39 is 11.9 Å². The predicted molar refractivity (Wildman–Crippen MR) is 112 cm³/mol. The molecule has 0 radical (unpaired) electrons. The number of fused-ring (bicyclic) bond motifs is 2. The highest BCUT2D eigenvalue weighted by Gasteiger charge is 2.29. The fourth-order valence-electron chi connectivity index (χ4n) is 3.80. The van der Waals surface area contributed by atoms with Gasteiger partial charge in [-0.05, 0) is 62.8 Å². The first kappa shape index (κ1) is 19.4. The lowest BCUT2D eigenvalue weighted by Gasteiger charge is -2.09. The van der Waals surface area contributed by atoms with E-state index in [1.807, 2.05) is 19.9 Å². The molecule has 1 N–H and O–H groups in total. The SMILES string of the molecule is CCOC(=O)c1c(NC(=O)c2cc(=O)c3cc(C)cc(C)c3o2)sc2c1CCC2. The molecule has 2 aromatic heterocycles. The van der Waals surface area contributed by atoms with Crippen LogP contribution in [0.25, 0.3) is 11.0 Å². The molecule has 1 aliphatic rings. The third kappa shape index (κ3) is 3.46. The number of aryl methyl sites for hydroxylation is 3. The van der Waals surface area contributed by atoms with E-state index in [4.69, 9.17) is 9.15 Å². The van der Waals surface area contributed by atoms with Crippen molar-refractivity contribution in [3.63, 3.8) is 0 Å². The molecular weight excluding hydrogens is 390 g/mol. The summed E-state index contributed by atoms with van der Waals surface area (Å²) in [7, 11) is 0. The van der Waals surface area contributed by atoms with Crippen molar-refractivity contribution in [2.45, 2.75) is 40.0 Å². The third-order valence-electron chi connectivity index (χ3n) is 5.01. The molecule has 7 heteroatoms. The highest BCUT2D eigenvalue weighted by molar-refractivity contribution is 7.17. The Morgan fingerprint density at radius 3 is 2.76 bits per heavy atom. The van der Waals surface area contributed by atoms with E-state index in [-0.39, 0.29) is 17.8 Å². The van der Waals surface area contributed by atoms with E-state index in [0.29, 0.717) is 21.5 Å². The summed E-state index contributed by atoms with van der Waals surface area (Å²) in [5.41, 5.74) is 3.23. The molecular formula is C22H21NO5S. The van der Waals surface area contributed by atoms with Gasteiger partial charge in [0.15, 0.2) is 11.2 Å². The van der Waals surface area contributed by atoms with Gasteiger partial charge in [0.1, 0.15) is 10.6 Å². The van der Waals surface area contributed by atoms with Crippen LogP contribution in [0.2, 0.25) is 0 Å². The summed E-state index contributed by atoms with van der Waals surface area (Å²) in [6.07, 6.45) is 2.66. The second-order valence-electron chi connectivity index (χ2n) is 7.17. The molecule has 0 atom stereocenters. The van der Waals surface area contributed by atoms with E-state index in [9.17, 15) is 14.4 Å². The number of thiophene rings is 1. The van der Waals surface area contributed by atoms with E-state index in [2.05, 4.69) is 5.32 Å². The molecule has 4 rings (SSSR count). The first-order valence-electron chi connectivity index (χ1n) is 9.57. The molecule has 0 spiro atoms. The Hall–Kier alpha value is -2.93. The number of hydrogen-bond acceptors (Lipinski definition) is 6. The zero-order chi connectivity index (χ0) is 20.7. The first-order valence-corrected chi connectivity index (χ1v) is 10.4. The fourth-order valence-corrected chi connectivity index (χ4v) is 5.07. The molecule has 1 amide bonds. The number of amides is 1. The summed E-state index contributed by atoms with van der Waals surface area (Å²) < 4.78 is 11.0. The van der Waals surface area contributed by atoms with Crippen molar-refractivity contribution in [1.82, 2.24) is 0 Å². The van der Waals surface area contributed by atoms with E-state index in [1.54, 1.807) is 13.0 Å². The van der Waals surface area contributed by atoms with Gasteiger partial charge < -0.3 is 14.5 Å². The van der Waals surface area contributed by atoms with Crippen molar-refractivity contribution in [3.05, 3.63) is 61.3 Å². The summed E-state index contributed by atoms with van der Waals surface area (Å²) in [5.74, 6) is -1.08. The van der Waals surface area contributed by atoms with E-state index in [0.717, 1.165) is 40.8 Å². The summed E-state index contributed by atoms with van der Waals surface area (Å²) in [6.45, 7) is 5.74. The topological polar surface area (TPSA) is 85.6 Å². The average Bonchev–Trinajstić information content (AvgIpc) is 3.23. The Labute approximate surface area is 171 Å². The average molecular weight is 411 g/mol. The van der Waals surface area contributed by atoms with Gasteiger partial charge in [-0.3, -0.25) is 9.59 Å². The minimum absolute atomic E-state index is 0.0854. The maximum atomic E-state index is 12.9. The number of rotatable bonds is 4. The van der Waals surface area contributed by atoms with Crippen LogP contribution in [-0.4, -0.2) is 18.5 Å². The summed E-state index contributed by atoms with van der Waals surface area (Å²) >= 11 is 1.39. The van der Waals surface area contributed by atoms with Crippen molar-refractivity contribution >= 4 is 39.2 Å². The van der Waals surface area contributed by atoms with Gasteiger partial charge in [0, 0.05) is 10.9 Å². The van der Waals surface area contributed by atoms with Gasteiger partial charge >= 0.3 is 5.97 Å². The molecule has 150 valence electrons. The minimum atomic E-state index is -0.561. The van der Waals surface area contributed by atoms with Crippen molar-refractivity contribution in [1.29, 1.82) is 0 Å². The van der Waals surface area contributed by atoms with Crippen LogP contribution in [0.1, 0.15) is 55.8 Å². The molecule has 3 aromatic rings. The van der Waals surface area contributed by atoms with E-state index in [1.165, 1.54) is 17.4 Å². The number of ether oxygens (including phenoxy) is 1. The van der Waals surface area contributed by atoms with Crippen LogP contribution < -0.4 is 10.7 Å². The minimum Gasteiger partial charge on any atom is -0.462 e. The van der Waals surface area contributed by atoms with Crippen LogP contribution in [0, 0.1) is 13.8 Å². The molecule has 1 aromatic carbocycles. The van der Waals surface area contributed by atoms with Gasteiger partial charge in [-0.15, -0.1) is 11.3 Å². The van der Waals surface area contributed by atoms with Crippen molar-refractivity contribution in [2.24, 2.45) is 0 Å². The first-order chi connectivity index (χ1) is 13.9. The monoisotopic (exact) mass is 411 g/mol. The number of benzene rings is 1. The Morgan fingerprint density at radius 2 is 2.00 bits per heavy atom. The molecule has 0 saturated heterocycles. The van der Waals surface area contributed by atoms with Gasteiger partial charge in [-0.25, -0.2) is 4.79 Å². The van der Waals surface area contributed by atoms with Gasteiger partial charge in [0.25, 0.3) is 5.91 Å². The maximum Gasteiger partial charge on any atom is 0.341 e. The largest absolute Gasteiger partial charge is 0.462 e. The zero-order valence-electron chi connectivity index (χ0n) is 16.5. The normalized spacial score (nSPS) is 12.8. The lowest BCUT2D eigenvalue weighted by Crippen LogP contribution is -2.17. The Bertz CT molecular complexity index is 1200. The number of carbonyl (C=O) groups is 2. The molecule has 0 aliphatic heterocycles. The molecule has 29 heavy (non-hydrogen) atoms. The van der Waals surface area contributed by atoms with Crippen LogP contribution in [0.4, 0.5) is 5.00 Å². The second-order valence-corrected chi connectivity index (χ2v) is 8.27. The van der Waals surface area contributed by atoms with Crippen LogP contribution in [0.3, 0.4) is 0 Å².